The van der Waals surface area contributed by atoms with E-state index in [9.17, 15) is 4.79 Å². The zero-order chi connectivity index (χ0) is 19.8. The van der Waals surface area contributed by atoms with Crippen LogP contribution in [0.1, 0.15) is 18.4 Å². The number of hydrogen-bond acceptors (Lipinski definition) is 3. The summed E-state index contributed by atoms with van der Waals surface area (Å²) in [5, 5.41) is 6.52. The molecule has 3 aromatic carbocycles. The highest BCUT2D eigenvalue weighted by molar-refractivity contribution is 6.33. The molecule has 1 aliphatic rings. The summed E-state index contributed by atoms with van der Waals surface area (Å²) < 4.78 is 5.67. The van der Waals surface area contributed by atoms with E-state index in [4.69, 9.17) is 16.0 Å². The zero-order valence-corrected chi connectivity index (χ0v) is 16.4. The fourth-order valence-electron chi connectivity index (χ4n) is 3.88. The Labute approximate surface area is 172 Å². The number of halogens is 1. The second kappa shape index (κ2) is 7.26. The molecule has 0 saturated carbocycles. The lowest BCUT2D eigenvalue weighted by atomic mass is 9.92. The van der Waals surface area contributed by atoms with E-state index in [0.29, 0.717) is 16.0 Å². The van der Waals surface area contributed by atoms with Crippen molar-refractivity contribution in [3.8, 4) is 0 Å². The van der Waals surface area contributed by atoms with Crippen LogP contribution < -0.4 is 10.9 Å². The average Bonchev–Trinajstić information content (AvgIpc) is 2.76. The molecule has 0 fully saturated rings. The summed E-state index contributed by atoms with van der Waals surface area (Å²) in [6.07, 6.45) is 8.54. The van der Waals surface area contributed by atoms with Crippen molar-refractivity contribution in [1.29, 1.82) is 0 Å². The Balaban J connectivity index is 1.86. The third-order valence-corrected chi connectivity index (χ3v) is 5.54. The van der Waals surface area contributed by atoms with Crippen LogP contribution in [0, 0.1) is 0 Å². The lowest BCUT2D eigenvalue weighted by Gasteiger charge is -2.18. The molecule has 4 aromatic rings. The van der Waals surface area contributed by atoms with Crippen LogP contribution in [0.25, 0.3) is 27.3 Å². The minimum Gasteiger partial charge on any atom is -0.422 e. The van der Waals surface area contributed by atoms with Crippen molar-refractivity contribution in [2.24, 2.45) is 0 Å². The molecule has 0 unspecified atom stereocenters. The monoisotopic (exact) mass is 399 g/mol. The molecule has 0 aliphatic heterocycles. The van der Waals surface area contributed by atoms with Gasteiger partial charge in [-0.15, -0.1) is 0 Å². The Bertz CT molecular complexity index is 1360. The number of hydrogen-bond donors (Lipinski definition) is 1. The molecule has 0 radical (unpaired) electrons. The fourth-order valence-corrected chi connectivity index (χ4v) is 4.06. The van der Waals surface area contributed by atoms with E-state index in [2.05, 4.69) is 23.5 Å². The van der Waals surface area contributed by atoms with Crippen LogP contribution in [0.2, 0.25) is 5.02 Å². The summed E-state index contributed by atoms with van der Waals surface area (Å²) in [6.45, 7) is 0. The van der Waals surface area contributed by atoms with Crippen LogP contribution >= 0.6 is 11.6 Å². The van der Waals surface area contributed by atoms with E-state index in [1.165, 1.54) is 0 Å². The molecule has 4 heteroatoms. The third-order valence-electron chi connectivity index (χ3n) is 5.21. The lowest BCUT2D eigenvalue weighted by Crippen LogP contribution is -2.03. The second-order valence-corrected chi connectivity index (χ2v) is 7.45. The van der Waals surface area contributed by atoms with Gasteiger partial charge in [-0.25, -0.2) is 4.79 Å². The smallest absolute Gasteiger partial charge is 0.344 e. The van der Waals surface area contributed by atoms with Crippen molar-refractivity contribution in [2.45, 2.75) is 12.8 Å². The molecule has 1 heterocycles. The highest BCUT2D eigenvalue weighted by Crippen LogP contribution is 2.39. The predicted molar refractivity (Wildman–Crippen MR) is 121 cm³/mol. The molecule has 1 N–H and O–H groups in total. The van der Waals surface area contributed by atoms with Crippen molar-refractivity contribution < 1.29 is 4.42 Å². The van der Waals surface area contributed by atoms with Crippen molar-refractivity contribution in [1.82, 2.24) is 0 Å². The van der Waals surface area contributed by atoms with E-state index in [1.54, 1.807) is 0 Å². The second-order valence-electron chi connectivity index (χ2n) is 7.04. The van der Waals surface area contributed by atoms with Gasteiger partial charge in [-0.3, -0.25) is 0 Å². The molecular weight excluding hydrogens is 382 g/mol. The Morgan fingerprint density at radius 3 is 2.45 bits per heavy atom. The minimum absolute atomic E-state index is 0.320. The fraction of sp³-hybridized carbons (Fsp3) is 0.0800. The van der Waals surface area contributed by atoms with Crippen LogP contribution in [0.15, 0.2) is 88.1 Å². The van der Waals surface area contributed by atoms with E-state index in [1.807, 2.05) is 60.7 Å². The summed E-state index contributed by atoms with van der Waals surface area (Å²) in [6, 6.07) is 19.0. The predicted octanol–water partition coefficient (Wildman–Crippen LogP) is 7.08. The van der Waals surface area contributed by atoms with Crippen molar-refractivity contribution in [3.63, 3.8) is 0 Å². The van der Waals surface area contributed by atoms with Gasteiger partial charge < -0.3 is 9.73 Å². The van der Waals surface area contributed by atoms with E-state index >= 15 is 0 Å². The number of para-hydroxylation sites is 1. The normalized spacial score (nSPS) is 13.6. The molecule has 1 aromatic heterocycles. The average molecular weight is 400 g/mol. The largest absolute Gasteiger partial charge is 0.422 e. The Hall–Kier alpha value is -3.30. The van der Waals surface area contributed by atoms with E-state index in [-0.39, 0.29) is 5.63 Å². The van der Waals surface area contributed by atoms with Crippen LogP contribution in [0.3, 0.4) is 0 Å². The first-order valence-electron chi connectivity index (χ1n) is 9.59. The zero-order valence-electron chi connectivity index (χ0n) is 15.6. The topological polar surface area (TPSA) is 42.2 Å². The molecule has 29 heavy (non-hydrogen) atoms. The molecule has 1 aliphatic carbocycles. The quantitative estimate of drug-likeness (QED) is 0.295. The van der Waals surface area contributed by atoms with Gasteiger partial charge in [-0.2, -0.15) is 0 Å². The molecule has 0 atom stereocenters. The number of allylic oxidation sites excluding steroid dienone is 4. The van der Waals surface area contributed by atoms with Crippen molar-refractivity contribution in [2.75, 3.05) is 5.32 Å². The standard InChI is InChI=1S/C25H18ClNO2/c26-19-12-6-7-13-20(19)27-21-14-15-22-24(23(21)16-8-2-1-3-9-16)17-10-4-5-11-18(17)25(28)29-22/h2,4-15,27H,1,3H2. The number of nitrogens with one attached hydrogen (secondary N) is 1. The van der Waals surface area contributed by atoms with Crippen LogP contribution in [0.4, 0.5) is 11.4 Å². The first kappa shape index (κ1) is 17.8. The molecule has 3 nitrogen and oxygen atoms in total. The molecule has 142 valence electrons. The summed E-state index contributed by atoms with van der Waals surface area (Å²) in [7, 11) is 0. The molecule has 0 amide bonds. The maximum absolute atomic E-state index is 12.5. The lowest BCUT2D eigenvalue weighted by molar-refractivity contribution is 0.569. The number of rotatable bonds is 3. The van der Waals surface area contributed by atoms with Crippen molar-refractivity contribution >= 4 is 50.3 Å². The van der Waals surface area contributed by atoms with Gasteiger partial charge in [-0.05, 0) is 48.7 Å². The van der Waals surface area contributed by atoms with Gasteiger partial charge in [0.05, 0.1) is 16.1 Å². The van der Waals surface area contributed by atoms with Gasteiger partial charge in [-0.1, -0.05) is 60.2 Å². The molecule has 5 rings (SSSR count). The van der Waals surface area contributed by atoms with Crippen LogP contribution in [0.5, 0.6) is 0 Å². The van der Waals surface area contributed by atoms with Gasteiger partial charge in [0.1, 0.15) is 5.58 Å². The Kier molecular flexibility index (Phi) is 4.45. The molecule has 0 saturated heterocycles. The first-order chi connectivity index (χ1) is 14.2. The molecular formula is C25H18ClNO2. The van der Waals surface area contributed by atoms with E-state index in [0.717, 1.165) is 46.1 Å². The first-order valence-corrected chi connectivity index (χ1v) is 9.97. The van der Waals surface area contributed by atoms with Gasteiger partial charge >= 0.3 is 5.63 Å². The number of anilines is 2. The van der Waals surface area contributed by atoms with Crippen LogP contribution in [-0.4, -0.2) is 0 Å². The summed E-state index contributed by atoms with van der Waals surface area (Å²) in [4.78, 5) is 12.5. The van der Waals surface area contributed by atoms with Gasteiger partial charge in [0.15, 0.2) is 0 Å². The summed E-state index contributed by atoms with van der Waals surface area (Å²) in [5.74, 6) is 0. The molecule has 0 bridgehead atoms. The van der Waals surface area contributed by atoms with Gasteiger partial charge in [0.25, 0.3) is 0 Å². The van der Waals surface area contributed by atoms with Gasteiger partial charge in [0, 0.05) is 22.0 Å². The number of fused-ring (bicyclic) bond motifs is 3. The minimum atomic E-state index is -0.320. The van der Waals surface area contributed by atoms with Crippen LogP contribution in [-0.2, 0) is 0 Å². The highest BCUT2D eigenvalue weighted by atomic mass is 35.5. The number of benzene rings is 3. The van der Waals surface area contributed by atoms with E-state index < -0.39 is 0 Å². The molecule has 0 spiro atoms. The summed E-state index contributed by atoms with van der Waals surface area (Å²) >= 11 is 6.40. The Morgan fingerprint density at radius 1 is 0.862 bits per heavy atom. The maximum atomic E-state index is 12.5. The summed E-state index contributed by atoms with van der Waals surface area (Å²) in [5.41, 5.74) is 4.13. The Morgan fingerprint density at radius 2 is 1.66 bits per heavy atom. The maximum Gasteiger partial charge on any atom is 0.344 e. The SMILES string of the molecule is O=c1oc2ccc(Nc3ccccc3Cl)c(C3=CCCC=C3)c2c2ccccc12. The van der Waals surface area contributed by atoms with Crippen molar-refractivity contribution in [3.05, 3.63) is 99.9 Å². The highest BCUT2D eigenvalue weighted by Gasteiger charge is 2.18. The van der Waals surface area contributed by atoms with Gasteiger partial charge in [0.2, 0.25) is 0 Å². The third kappa shape index (κ3) is 3.14.